The van der Waals surface area contributed by atoms with Crippen LogP contribution < -0.4 is 4.74 Å². The quantitative estimate of drug-likeness (QED) is 0.221. The molecule has 1 aliphatic heterocycles. The highest BCUT2D eigenvalue weighted by Crippen LogP contribution is 2.39. The number of ketones is 1. The highest BCUT2D eigenvalue weighted by atomic mass is 16.5. The first-order valence-electron chi connectivity index (χ1n) is 12.2. The smallest absolute Gasteiger partial charge is 0.295 e. The van der Waals surface area contributed by atoms with E-state index < -0.39 is 17.7 Å². The number of likely N-dealkylation sites (tertiary alicyclic amines) is 1. The van der Waals surface area contributed by atoms with E-state index in [0.29, 0.717) is 31.0 Å². The Bertz CT molecular complexity index is 1010. The van der Waals surface area contributed by atoms with Gasteiger partial charge in [-0.25, -0.2) is 0 Å². The third-order valence-electron chi connectivity index (χ3n) is 6.38. The highest BCUT2D eigenvalue weighted by molar-refractivity contribution is 6.46. The maximum absolute atomic E-state index is 13.2. The Morgan fingerprint density at radius 1 is 1.00 bits per heavy atom. The Hall–Kier alpha value is -3.12. The number of amides is 1. The number of Topliss-reactive ketones (excluding diaryl/α,β-unsaturated/α-hetero) is 1. The topological polar surface area (TPSA) is 70.1 Å². The Morgan fingerprint density at radius 2 is 1.65 bits per heavy atom. The highest BCUT2D eigenvalue weighted by Gasteiger charge is 2.45. The van der Waals surface area contributed by atoms with Crippen molar-refractivity contribution in [2.75, 3.05) is 32.8 Å². The predicted molar refractivity (Wildman–Crippen MR) is 135 cm³/mol. The van der Waals surface area contributed by atoms with Gasteiger partial charge in [-0.2, -0.15) is 0 Å². The molecule has 1 amide bonds. The molecule has 1 N–H and O–H groups in total. The van der Waals surface area contributed by atoms with Gasteiger partial charge in [0.15, 0.2) is 0 Å². The number of unbranched alkanes of at least 4 members (excludes halogenated alkanes) is 1. The molecule has 1 saturated heterocycles. The average Bonchev–Trinajstić information content (AvgIpc) is 3.10. The molecule has 1 heterocycles. The first-order chi connectivity index (χ1) is 16.4. The second kappa shape index (κ2) is 11.8. The van der Waals surface area contributed by atoms with E-state index in [4.69, 9.17) is 4.74 Å². The molecular formula is C28H36N2O4. The minimum Gasteiger partial charge on any atom is -0.507 e. The summed E-state index contributed by atoms with van der Waals surface area (Å²) < 4.78 is 5.71. The van der Waals surface area contributed by atoms with Crippen molar-refractivity contribution in [3.8, 4) is 5.75 Å². The molecule has 1 atom stereocenters. The number of aliphatic hydroxyl groups excluding tert-OH is 1. The normalized spacial score (nSPS) is 17.6. The lowest BCUT2D eigenvalue weighted by Crippen LogP contribution is -2.38. The van der Waals surface area contributed by atoms with Crippen LogP contribution in [0.15, 0.2) is 54.1 Å². The molecule has 34 heavy (non-hydrogen) atoms. The number of benzene rings is 2. The third kappa shape index (κ3) is 5.68. The van der Waals surface area contributed by atoms with E-state index >= 15 is 0 Å². The van der Waals surface area contributed by atoms with Crippen molar-refractivity contribution in [3.63, 3.8) is 0 Å². The molecule has 0 aliphatic carbocycles. The lowest BCUT2D eigenvalue weighted by atomic mass is 9.94. The predicted octanol–water partition coefficient (Wildman–Crippen LogP) is 4.94. The number of carbonyl (C=O) groups is 2. The molecule has 0 bridgehead atoms. The number of carbonyl (C=O) groups excluding carboxylic acids is 2. The van der Waals surface area contributed by atoms with E-state index in [1.165, 1.54) is 0 Å². The van der Waals surface area contributed by atoms with E-state index in [9.17, 15) is 14.7 Å². The summed E-state index contributed by atoms with van der Waals surface area (Å²) in [6, 6.07) is 14.2. The second-order valence-corrected chi connectivity index (χ2v) is 8.66. The van der Waals surface area contributed by atoms with Gasteiger partial charge in [0.2, 0.25) is 0 Å². The van der Waals surface area contributed by atoms with Gasteiger partial charge < -0.3 is 19.6 Å². The number of rotatable bonds is 11. The molecule has 0 saturated carbocycles. The largest absolute Gasteiger partial charge is 0.507 e. The summed E-state index contributed by atoms with van der Waals surface area (Å²) in [5.74, 6) is -0.668. The van der Waals surface area contributed by atoms with Crippen molar-refractivity contribution in [1.82, 2.24) is 9.80 Å². The maximum atomic E-state index is 13.2. The minimum atomic E-state index is -0.647. The number of likely N-dealkylation sites (N-methyl/N-ethyl adjacent to an activating group) is 1. The summed E-state index contributed by atoms with van der Waals surface area (Å²) in [5.41, 5.74) is 2.52. The number of aryl methyl sites for hydroxylation is 1. The zero-order valence-electron chi connectivity index (χ0n) is 20.7. The molecule has 0 spiro atoms. The summed E-state index contributed by atoms with van der Waals surface area (Å²) in [7, 11) is 0. The summed E-state index contributed by atoms with van der Waals surface area (Å²) in [4.78, 5) is 30.1. The standard InChI is InChI=1S/C28H36N2O4/c1-5-8-19-34-23-15-13-22(14-16-23)26(31)24-25(21-11-9-20(4)10-12-21)30(28(33)27(24)32)18-17-29(6-2)7-3/h9-16,25,31H,5-8,17-19H2,1-4H3/b26-24+. The van der Waals surface area contributed by atoms with Gasteiger partial charge in [0.1, 0.15) is 11.5 Å². The molecule has 3 rings (SSSR count). The van der Waals surface area contributed by atoms with Crippen molar-refractivity contribution in [3.05, 3.63) is 70.8 Å². The van der Waals surface area contributed by atoms with E-state index in [1.54, 1.807) is 29.2 Å². The molecule has 2 aromatic rings. The van der Waals surface area contributed by atoms with Crippen LogP contribution in [0.1, 0.15) is 56.3 Å². The fraction of sp³-hybridized carbons (Fsp3) is 0.429. The van der Waals surface area contributed by atoms with Gasteiger partial charge in [-0.15, -0.1) is 0 Å². The molecule has 0 aromatic heterocycles. The van der Waals surface area contributed by atoms with Crippen molar-refractivity contribution < 1.29 is 19.4 Å². The Morgan fingerprint density at radius 3 is 2.24 bits per heavy atom. The van der Waals surface area contributed by atoms with E-state index in [0.717, 1.165) is 37.1 Å². The van der Waals surface area contributed by atoms with Crippen LogP contribution in [-0.4, -0.2) is 59.4 Å². The van der Waals surface area contributed by atoms with Crippen molar-refractivity contribution in [2.45, 2.75) is 46.6 Å². The van der Waals surface area contributed by atoms with Crippen LogP contribution in [-0.2, 0) is 9.59 Å². The number of hydrogen-bond donors (Lipinski definition) is 1. The van der Waals surface area contributed by atoms with Crippen LogP contribution >= 0.6 is 0 Å². The van der Waals surface area contributed by atoms with Crippen LogP contribution in [0.5, 0.6) is 5.75 Å². The molecule has 6 nitrogen and oxygen atoms in total. The number of aliphatic hydroxyl groups is 1. The molecule has 0 radical (unpaired) electrons. The van der Waals surface area contributed by atoms with Gasteiger partial charge in [-0.05, 0) is 56.3 Å². The Labute approximate surface area is 202 Å². The first-order valence-corrected chi connectivity index (χ1v) is 12.2. The molecule has 1 aliphatic rings. The fourth-order valence-electron chi connectivity index (χ4n) is 4.19. The summed E-state index contributed by atoms with van der Waals surface area (Å²) in [5, 5.41) is 11.2. The van der Waals surface area contributed by atoms with Crippen LogP contribution in [0, 0.1) is 6.92 Å². The third-order valence-corrected chi connectivity index (χ3v) is 6.38. The van der Waals surface area contributed by atoms with Crippen molar-refractivity contribution in [2.24, 2.45) is 0 Å². The number of hydrogen-bond acceptors (Lipinski definition) is 5. The van der Waals surface area contributed by atoms with Gasteiger partial charge in [0.25, 0.3) is 11.7 Å². The van der Waals surface area contributed by atoms with Crippen LogP contribution in [0.3, 0.4) is 0 Å². The zero-order chi connectivity index (χ0) is 24.7. The lowest BCUT2D eigenvalue weighted by molar-refractivity contribution is -0.140. The van der Waals surface area contributed by atoms with Gasteiger partial charge >= 0.3 is 0 Å². The van der Waals surface area contributed by atoms with Crippen LogP contribution in [0.25, 0.3) is 5.76 Å². The molecule has 182 valence electrons. The van der Waals surface area contributed by atoms with Crippen LogP contribution in [0.2, 0.25) is 0 Å². The van der Waals surface area contributed by atoms with Gasteiger partial charge in [-0.3, -0.25) is 9.59 Å². The number of ether oxygens (including phenoxy) is 1. The number of nitrogens with zero attached hydrogens (tertiary/aromatic N) is 2. The maximum Gasteiger partial charge on any atom is 0.295 e. The van der Waals surface area contributed by atoms with E-state index in [1.807, 2.05) is 31.2 Å². The Kier molecular flexibility index (Phi) is 8.88. The van der Waals surface area contributed by atoms with Crippen molar-refractivity contribution in [1.29, 1.82) is 0 Å². The second-order valence-electron chi connectivity index (χ2n) is 8.66. The molecule has 2 aromatic carbocycles. The van der Waals surface area contributed by atoms with E-state index in [-0.39, 0.29) is 11.3 Å². The monoisotopic (exact) mass is 464 g/mol. The molecule has 1 unspecified atom stereocenters. The summed E-state index contributed by atoms with van der Waals surface area (Å²) in [6.45, 7) is 11.7. The molecule has 6 heteroatoms. The molecule has 1 fully saturated rings. The SMILES string of the molecule is CCCCOc1ccc(/C(O)=C2\C(=O)C(=O)N(CCN(CC)CC)C2c2ccc(C)cc2)cc1. The minimum absolute atomic E-state index is 0.132. The van der Waals surface area contributed by atoms with Crippen molar-refractivity contribution >= 4 is 17.4 Å². The molecular weight excluding hydrogens is 428 g/mol. The zero-order valence-corrected chi connectivity index (χ0v) is 20.7. The summed E-state index contributed by atoms with van der Waals surface area (Å²) >= 11 is 0. The van der Waals surface area contributed by atoms with Gasteiger partial charge in [-0.1, -0.05) is 57.0 Å². The fourth-order valence-corrected chi connectivity index (χ4v) is 4.19. The van der Waals surface area contributed by atoms with E-state index in [2.05, 4.69) is 25.7 Å². The average molecular weight is 465 g/mol. The van der Waals surface area contributed by atoms with Gasteiger partial charge in [0.05, 0.1) is 18.2 Å². The van der Waals surface area contributed by atoms with Gasteiger partial charge in [0, 0.05) is 18.7 Å². The summed E-state index contributed by atoms with van der Waals surface area (Å²) in [6.07, 6.45) is 2.02. The Balaban J connectivity index is 1.98. The first kappa shape index (κ1) is 25.5. The van der Waals surface area contributed by atoms with Crippen LogP contribution in [0.4, 0.5) is 0 Å². The lowest BCUT2D eigenvalue weighted by Gasteiger charge is -2.28.